The van der Waals surface area contributed by atoms with Crippen molar-refractivity contribution >= 4 is 29.2 Å². The van der Waals surface area contributed by atoms with E-state index in [-0.39, 0.29) is 0 Å². The molecule has 0 spiro atoms. The average Bonchev–Trinajstić information content (AvgIpc) is 2.80. The molecule has 4 heteroatoms. The van der Waals surface area contributed by atoms with Crippen LogP contribution in [-0.4, -0.2) is 6.21 Å². The van der Waals surface area contributed by atoms with E-state index in [1.54, 1.807) is 17.6 Å². The summed E-state index contributed by atoms with van der Waals surface area (Å²) in [6.45, 7) is 0.457. The van der Waals surface area contributed by atoms with E-state index in [1.807, 2.05) is 41.8 Å². The van der Waals surface area contributed by atoms with Crippen LogP contribution in [0.2, 0.25) is 5.02 Å². The molecular weight excluding hydrogens is 242 g/mol. The van der Waals surface area contributed by atoms with Crippen molar-refractivity contribution in [3.8, 4) is 0 Å². The van der Waals surface area contributed by atoms with Crippen LogP contribution in [0.15, 0.2) is 46.9 Å². The fourth-order valence-corrected chi connectivity index (χ4v) is 1.85. The van der Waals surface area contributed by atoms with Gasteiger partial charge in [-0.3, -0.25) is 0 Å². The zero-order valence-corrected chi connectivity index (χ0v) is 10.0. The number of halogens is 1. The molecule has 16 heavy (non-hydrogen) atoms. The van der Waals surface area contributed by atoms with Crippen molar-refractivity contribution in [1.82, 2.24) is 0 Å². The summed E-state index contributed by atoms with van der Waals surface area (Å²) in [6, 6.07) is 11.5. The summed E-state index contributed by atoms with van der Waals surface area (Å²) in [5.41, 5.74) is 1.05. The van der Waals surface area contributed by atoms with Crippen molar-refractivity contribution in [1.29, 1.82) is 0 Å². The molecule has 2 rings (SSSR count). The Morgan fingerprint density at radius 2 is 2.06 bits per heavy atom. The van der Waals surface area contributed by atoms with Crippen LogP contribution in [0.4, 0.5) is 0 Å². The van der Waals surface area contributed by atoms with Gasteiger partial charge in [0.25, 0.3) is 0 Å². The molecule has 0 aliphatic carbocycles. The molecule has 0 atom stereocenters. The van der Waals surface area contributed by atoms with Crippen LogP contribution in [0.5, 0.6) is 0 Å². The molecule has 0 bridgehead atoms. The van der Waals surface area contributed by atoms with E-state index < -0.39 is 0 Å². The third-order valence-electron chi connectivity index (χ3n) is 1.94. The summed E-state index contributed by atoms with van der Waals surface area (Å²) >= 11 is 7.40. The molecule has 0 saturated heterocycles. The summed E-state index contributed by atoms with van der Waals surface area (Å²) in [4.78, 5) is 6.25. The maximum absolute atomic E-state index is 5.77. The lowest BCUT2D eigenvalue weighted by molar-refractivity contribution is 0.132. The summed E-state index contributed by atoms with van der Waals surface area (Å²) in [6.07, 6.45) is 1.71. The van der Waals surface area contributed by atoms with E-state index in [9.17, 15) is 0 Å². The number of rotatable bonds is 4. The summed E-state index contributed by atoms with van der Waals surface area (Å²) in [7, 11) is 0. The third-order valence-corrected chi connectivity index (χ3v) is 3.00. The molecule has 0 N–H and O–H groups in total. The Morgan fingerprint density at radius 3 is 2.75 bits per heavy atom. The molecular formula is C12H10ClNOS. The second-order valence-corrected chi connectivity index (χ2v) is 4.57. The highest BCUT2D eigenvalue weighted by Gasteiger charge is 1.92. The Bertz CT molecular complexity index is 450. The van der Waals surface area contributed by atoms with Gasteiger partial charge in [-0.05, 0) is 29.1 Å². The van der Waals surface area contributed by atoms with Crippen LogP contribution in [0, 0.1) is 0 Å². The highest BCUT2D eigenvalue weighted by atomic mass is 35.5. The van der Waals surface area contributed by atoms with Crippen molar-refractivity contribution in [2.45, 2.75) is 6.61 Å². The largest absolute Gasteiger partial charge is 0.391 e. The molecule has 0 unspecified atom stereocenters. The Morgan fingerprint density at radius 1 is 1.25 bits per heavy atom. The van der Waals surface area contributed by atoms with Gasteiger partial charge in [0.05, 0.1) is 6.21 Å². The van der Waals surface area contributed by atoms with Crippen LogP contribution >= 0.6 is 22.9 Å². The molecule has 0 fully saturated rings. The quantitative estimate of drug-likeness (QED) is 0.596. The van der Waals surface area contributed by atoms with Gasteiger partial charge in [0, 0.05) is 9.90 Å². The van der Waals surface area contributed by atoms with Crippen LogP contribution in [-0.2, 0) is 11.4 Å². The van der Waals surface area contributed by atoms with Crippen molar-refractivity contribution < 1.29 is 4.84 Å². The smallest absolute Gasteiger partial charge is 0.142 e. The summed E-state index contributed by atoms with van der Waals surface area (Å²) in [5.74, 6) is 0. The first-order chi connectivity index (χ1) is 7.84. The number of nitrogens with zero attached hydrogens (tertiary/aromatic N) is 1. The van der Waals surface area contributed by atoms with Crippen molar-refractivity contribution in [3.63, 3.8) is 0 Å². The Hall–Kier alpha value is -1.32. The van der Waals surface area contributed by atoms with Crippen molar-refractivity contribution in [3.05, 3.63) is 57.2 Å². The van der Waals surface area contributed by atoms with Gasteiger partial charge in [0.2, 0.25) is 0 Å². The highest BCUT2D eigenvalue weighted by molar-refractivity contribution is 7.11. The Labute approximate surface area is 103 Å². The van der Waals surface area contributed by atoms with Crippen LogP contribution in [0.25, 0.3) is 0 Å². The van der Waals surface area contributed by atoms with Crippen LogP contribution in [0.3, 0.4) is 0 Å². The first kappa shape index (κ1) is 11.2. The molecule has 0 amide bonds. The van der Waals surface area contributed by atoms with Gasteiger partial charge in [-0.15, -0.1) is 11.3 Å². The molecule has 0 saturated carbocycles. The van der Waals surface area contributed by atoms with Crippen molar-refractivity contribution in [2.75, 3.05) is 0 Å². The van der Waals surface area contributed by atoms with E-state index >= 15 is 0 Å². The minimum absolute atomic E-state index is 0.457. The zero-order chi connectivity index (χ0) is 11.2. The molecule has 2 aromatic rings. The summed E-state index contributed by atoms with van der Waals surface area (Å²) < 4.78 is 0. The topological polar surface area (TPSA) is 21.6 Å². The lowest BCUT2D eigenvalue weighted by atomic mass is 10.2. The van der Waals surface area contributed by atoms with E-state index in [2.05, 4.69) is 5.16 Å². The number of hydrogen-bond acceptors (Lipinski definition) is 3. The van der Waals surface area contributed by atoms with Crippen LogP contribution in [0.1, 0.15) is 10.4 Å². The van der Waals surface area contributed by atoms with Gasteiger partial charge >= 0.3 is 0 Å². The number of benzene rings is 1. The third kappa shape index (κ3) is 3.36. The Balaban J connectivity index is 1.82. The van der Waals surface area contributed by atoms with E-state index in [4.69, 9.17) is 16.4 Å². The van der Waals surface area contributed by atoms with Gasteiger partial charge in [0.15, 0.2) is 0 Å². The zero-order valence-electron chi connectivity index (χ0n) is 8.47. The van der Waals surface area contributed by atoms with E-state index in [0.29, 0.717) is 6.61 Å². The average molecular weight is 252 g/mol. The minimum Gasteiger partial charge on any atom is -0.391 e. The fraction of sp³-hybridized carbons (Fsp3) is 0.0833. The van der Waals surface area contributed by atoms with Gasteiger partial charge in [-0.1, -0.05) is 35.0 Å². The van der Waals surface area contributed by atoms with E-state index in [1.165, 1.54) is 0 Å². The second kappa shape index (κ2) is 5.68. The predicted octanol–water partition coefficient (Wildman–Crippen LogP) is 3.95. The maximum Gasteiger partial charge on any atom is 0.142 e. The normalized spacial score (nSPS) is 10.8. The number of thiophene rings is 1. The molecule has 1 heterocycles. The van der Waals surface area contributed by atoms with Gasteiger partial charge in [-0.2, -0.15) is 0 Å². The second-order valence-electron chi connectivity index (χ2n) is 3.15. The van der Waals surface area contributed by atoms with E-state index in [0.717, 1.165) is 15.5 Å². The van der Waals surface area contributed by atoms with Crippen molar-refractivity contribution in [2.24, 2.45) is 5.16 Å². The Kier molecular flexibility index (Phi) is 3.97. The van der Waals surface area contributed by atoms with Gasteiger partial charge < -0.3 is 4.84 Å². The molecule has 0 aliphatic rings. The standard InChI is InChI=1S/C12H10ClNOS/c13-11-5-3-10(4-6-11)9-15-14-8-12-2-1-7-16-12/h1-8H,9H2/b14-8-. The first-order valence-corrected chi connectivity index (χ1v) is 6.03. The molecule has 0 aliphatic heterocycles. The van der Waals surface area contributed by atoms with Gasteiger partial charge in [0.1, 0.15) is 6.61 Å². The number of oxime groups is 1. The molecule has 0 radical (unpaired) electrons. The lowest BCUT2D eigenvalue weighted by Crippen LogP contribution is -1.86. The maximum atomic E-state index is 5.77. The lowest BCUT2D eigenvalue weighted by Gasteiger charge is -1.99. The fourth-order valence-electron chi connectivity index (χ4n) is 1.15. The molecule has 1 aromatic heterocycles. The molecule has 82 valence electrons. The van der Waals surface area contributed by atoms with Crippen LogP contribution < -0.4 is 0 Å². The SMILES string of the molecule is Clc1ccc(CO/N=C\c2cccs2)cc1. The van der Waals surface area contributed by atoms with Gasteiger partial charge in [-0.25, -0.2) is 0 Å². The molecule has 2 nitrogen and oxygen atoms in total. The number of hydrogen-bond donors (Lipinski definition) is 0. The first-order valence-electron chi connectivity index (χ1n) is 4.78. The summed E-state index contributed by atoms with van der Waals surface area (Å²) in [5, 5.41) is 6.61. The minimum atomic E-state index is 0.457. The monoisotopic (exact) mass is 251 g/mol. The molecule has 1 aromatic carbocycles. The highest BCUT2D eigenvalue weighted by Crippen LogP contribution is 2.10. The predicted molar refractivity (Wildman–Crippen MR) is 68.2 cm³/mol.